The van der Waals surface area contributed by atoms with Crippen LogP contribution in [0.1, 0.15) is 61.8 Å². The van der Waals surface area contributed by atoms with E-state index < -0.39 is 75.4 Å². The second-order valence-electron chi connectivity index (χ2n) is 23.3. The maximum Gasteiger partial charge on any atom is 0.407 e. The number of amides is 2. The standard InChI is InChI=1S/C31H36N2O10S.C21H19NO5S.C17H21NO5.2CH4/c1-40-22-8-10-23(11-9-22)44(38,39)33(17-21-7-12-26(34)27(35)16-21)18-28(36)25(15-20-5-3-2-4-6-20)32-31(37)43-29-19-42-30-24(29)13-14-41-30;1-25-17-8-10-18(11-9-17)28(23,24)22-14-15-7-12-19-20(13-15)27-21(26-19)16-5-3-2-4-6-16;19-17(23-14-9-22-16-12(14)6-7-20-16)18-13(15-10-21-15)8-11-4-2-1-3-5-11;;/h2-12,16,24-25,28-30,34-36H,13-15,17-19H2,1H3,(H,32,37);2-13,21-22H,14H2,1H3;1-5,12-16H,6-10H2,(H,18,19);2*1H4. The lowest BCUT2D eigenvalue weighted by atomic mass is 10.0. The summed E-state index contributed by atoms with van der Waals surface area (Å²) >= 11 is 0. The number of alkyl carbamates (subject to hydrolysis) is 2. The number of hydrogen-bond donors (Lipinski definition) is 6. The van der Waals surface area contributed by atoms with Crippen LogP contribution in [0.2, 0.25) is 0 Å². The molecule has 6 aliphatic heterocycles. The Balaban J connectivity index is 0.000000179. The third-order valence-corrected chi connectivity index (χ3v) is 20.1. The van der Waals surface area contributed by atoms with E-state index in [0.717, 1.165) is 33.8 Å². The number of benzene rings is 7. The molecule has 11 unspecified atom stereocenters. The van der Waals surface area contributed by atoms with Gasteiger partial charge in [-0.1, -0.05) is 118 Å². The molecular formula is C71H84N4O20S2. The minimum absolute atomic E-state index is 0. The Bertz CT molecular complexity index is 3900. The molecule has 0 spiro atoms. The molecule has 24 nitrogen and oxygen atoms in total. The van der Waals surface area contributed by atoms with Gasteiger partial charge in [-0.3, -0.25) is 0 Å². The second kappa shape index (κ2) is 33.6. The van der Waals surface area contributed by atoms with Crippen LogP contribution >= 0.6 is 0 Å². The van der Waals surface area contributed by atoms with Gasteiger partial charge in [0.05, 0.1) is 87.1 Å². The Labute approximate surface area is 565 Å². The van der Waals surface area contributed by atoms with E-state index in [0.29, 0.717) is 61.4 Å². The van der Waals surface area contributed by atoms with Crippen molar-refractivity contribution in [3.63, 3.8) is 0 Å². The van der Waals surface area contributed by atoms with Crippen molar-refractivity contribution in [1.29, 1.82) is 0 Å². The quantitative estimate of drug-likeness (QED) is 0.0257. The van der Waals surface area contributed by atoms with E-state index in [9.17, 15) is 41.7 Å². The minimum atomic E-state index is -4.21. The third-order valence-electron chi connectivity index (χ3n) is 16.8. The van der Waals surface area contributed by atoms with Crippen molar-refractivity contribution < 1.29 is 93.8 Å². The number of epoxide rings is 1. The van der Waals surface area contributed by atoms with Crippen molar-refractivity contribution in [3.05, 3.63) is 204 Å². The lowest BCUT2D eigenvalue weighted by Gasteiger charge is -2.30. The summed E-state index contributed by atoms with van der Waals surface area (Å²) in [6, 6.07) is 49.2. The van der Waals surface area contributed by atoms with E-state index in [1.54, 1.807) is 24.3 Å². The molecule has 6 N–H and O–H groups in total. The van der Waals surface area contributed by atoms with E-state index in [-0.39, 0.29) is 92.9 Å². The highest BCUT2D eigenvalue weighted by atomic mass is 32.2. The number of nitrogens with one attached hydrogen (secondary N) is 3. The van der Waals surface area contributed by atoms with Gasteiger partial charge < -0.3 is 78.1 Å². The van der Waals surface area contributed by atoms with Crippen LogP contribution in [0.5, 0.6) is 34.5 Å². The molecule has 2 amide bonds. The van der Waals surface area contributed by atoms with Gasteiger partial charge in [0.2, 0.25) is 20.0 Å². The summed E-state index contributed by atoms with van der Waals surface area (Å²) in [5.41, 5.74) is 4.03. The third kappa shape index (κ3) is 19.2. The number of aromatic hydroxyl groups is 2. The number of rotatable bonds is 23. The Morgan fingerprint density at radius 2 is 1.09 bits per heavy atom. The number of carbonyl (C=O) groups is 2. The molecule has 6 aliphatic rings. The van der Waals surface area contributed by atoms with Crippen LogP contribution in [0, 0.1) is 11.8 Å². The first kappa shape index (κ1) is 72.7. The lowest BCUT2D eigenvalue weighted by Crippen LogP contribution is -2.51. The maximum absolute atomic E-state index is 13.9. The normalized spacial score (nSPS) is 21.8. The van der Waals surface area contributed by atoms with Gasteiger partial charge in [0, 0.05) is 25.2 Å². The Morgan fingerprint density at radius 1 is 0.567 bits per heavy atom. The van der Waals surface area contributed by atoms with E-state index in [1.807, 2.05) is 97.1 Å². The van der Waals surface area contributed by atoms with Gasteiger partial charge in [0.15, 0.2) is 35.6 Å². The highest BCUT2D eigenvalue weighted by Crippen LogP contribution is 2.41. The number of sulfonamides is 2. The predicted molar refractivity (Wildman–Crippen MR) is 356 cm³/mol. The van der Waals surface area contributed by atoms with Gasteiger partial charge >= 0.3 is 12.2 Å². The first-order valence-corrected chi connectivity index (χ1v) is 34.0. The van der Waals surface area contributed by atoms with Gasteiger partial charge in [0.25, 0.3) is 6.29 Å². The maximum atomic E-state index is 13.9. The fraction of sp³-hybridized carbons (Fsp3) is 0.380. The zero-order chi connectivity index (χ0) is 66.5. The SMILES string of the molecule is C.C.COc1ccc(S(=O)(=O)N(Cc2ccc(O)c(O)c2)CC(O)C(Cc2ccccc2)NC(=O)OC2COC3OCCC23)cc1.COc1ccc(S(=O)(=O)NCc2ccc3c(c2)OC(c2ccccc2)O3)cc1.O=C(NC(Cc1ccccc1)C1CO1)OC1COC2OCCC12. The summed E-state index contributed by atoms with van der Waals surface area (Å²) in [6.45, 7) is 1.95. The molecule has 0 aliphatic carbocycles. The number of phenols is 2. The monoisotopic (exact) mass is 1380 g/mol. The van der Waals surface area contributed by atoms with Crippen LogP contribution in [-0.2, 0) is 79.1 Å². The van der Waals surface area contributed by atoms with E-state index in [4.69, 9.17) is 52.1 Å². The summed E-state index contributed by atoms with van der Waals surface area (Å²) in [7, 11) is -4.84. The largest absolute Gasteiger partial charge is 0.504 e. The van der Waals surface area contributed by atoms with Gasteiger partial charge in [-0.15, -0.1) is 0 Å². The zero-order valence-corrected chi connectivity index (χ0v) is 53.8. The average molecular weight is 1380 g/mol. The molecule has 97 heavy (non-hydrogen) atoms. The van der Waals surface area contributed by atoms with Crippen molar-refractivity contribution in [2.24, 2.45) is 11.8 Å². The van der Waals surface area contributed by atoms with Gasteiger partial charge in [-0.25, -0.2) is 31.1 Å². The number of methoxy groups -OCH3 is 2. The van der Waals surface area contributed by atoms with Crippen molar-refractivity contribution in [2.75, 3.05) is 53.8 Å². The first-order valence-electron chi connectivity index (χ1n) is 31.1. The topological polar surface area (TPSA) is 307 Å². The average Bonchev–Trinajstić information content (AvgIpc) is 1.09. The molecule has 7 aromatic carbocycles. The lowest BCUT2D eigenvalue weighted by molar-refractivity contribution is -0.0909. The summed E-state index contributed by atoms with van der Waals surface area (Å²) in [5, 5.41) is 37.0. The number of fused-ring (bicyclic) bond motifs is 3. The summed E-state index contributed by atoms with van der Waals surface area (Å²) in [4.78, 5) is 25.4. The predicted octanol–water partition coefficient (Wildman–Crippen LogP) is 9.16. The van der Waals surface area contributed by atoms with Gasteiger partial charge in [-0.2, -0.15) is 4.31 Å². The van der Waals surface area contributed by atoms with Crippen molar-refractivity contribution >= 4 is 32.2 Å². The van der Waals surface area contributed by atoms with Gasteiger partial charge in [0.1, 0.15) is 29.8 Å². The molecule has 11 atom stereocenters. The van der Waals surface area contributed by atoms with E-state index in [1.165, 1.54) is 74.4 Å². The molecule has 7 aromatic rings. The second-order valence-corrected chi connectivity index (χ2v) is 27.0. The summed E-state index contributed by atoms with van der Waals surface area (Å²) in [5.74, 6) is 1.60. The number of aliphatic hydroxyl groups excluding tert-OH is 1. The van der Waals surface area contributed by atoms with Crippen LogP contribution in [0.25, 0.3) is 0 Å². The van der Waals surface area contributed by atoms with Crippen LogP contribution < -0.4 is 34.3 Å². The molecule has 13 rings (SSSR count). The van der Waals surface area contributed by atoms with Crippen LogP contribution in [0.3, 0.4) is 0 Å². The highest BCUT2D eigenvalue weighted by Gasteiger charge is 2.46. The van der Waals surface area contributed by atoms with Crippen LogP contribution in [0.4, 0.5) is 9.59 Å². The molecule has 5 saturated heterocycles. The molecule has 0 bridgehead atoms. The molecule has 5 fully saturated rings. The number of carbonyl (C=O) groups excluding carboxylic acids is 2. The first-order chi connectivity index (χ1) is 46.0. The number of aliphatic hydroxyl groups is 1. The Morgan fingerprint density at radius 3 is 1.65 bits per heavy atom. The minimum Gasteiger partial charge on any atom is -0.504 e. The van der Waals surface area contributed by atoms with Crippen LogP contribution in [0.15, 0.2) is 186 Å². The zero-order valence-electron chi connectivity index (χ0n) is 52.1. The molecule has 26 heteroatoms. The fourth-order valence-corrected chi connectivity index (χ4v) is 14.0. The number of nitrogens with zero attached hydrogens (tertiary/aromatic N) is 1. The number of phenolic OH excluding ortho intramolecular Hbond substituents is 2. The molecule has 0 aromatic heterocycles. The fourth-order valence-electron chi connectivity index (χ4n) is 11.5. The number of ether oxygens (including phenoxy) is 11. The van der Waals surface area contributed by atoms with Crippen LogP contribution in [-0.4, -0.2) is 152 Å². The molecular weight excluding hydrogens is 1290 g/mol. The van der Waals surface area contributed by atoms with Crippen molar-refractivity contribution in [2.45, 2.75) is 119 Å². The van der Waals surface area contributed by atoms with Crippen molar-refractivity contribution in [1.82, 2.24) is 19.7 Å². The van der Waals surface area contributed by atoms with Crippen molar-refractivity contribution in [3.8, 4) is 34.5 Å². The Kier molecular flexibility index (Phi) is 25.2. The number of hydrogen-bond acceptors (Lipinski definition) is 20. The highest BCUT2D eigenvalue weighted by molar-refractivity contribution is 7.89. The molecule has 520 valence electrons. The van der Waals surface area contributed by atoms with Gasteiger partial charge in [-0.05, 0) is 121 Å². The molecule has 6 heterocycles. The van der Waals surface area contributed by atoms with E-state index >= 15 is 0 Å². The molecule has 0 radical (unpaired) electrons. The smallest absolute Gasteiger partial charge is 0.407 e. The van der Waals surface area contributed by atoms with E-state index in [2.05, 4.69) is 15.4 Å². The summed E-state index contributed by atoms with van der Waals surface area (Å²) < 4.78 is 117. The molecule has 0 saturated carbocycles. The summed E-state index contributed by atoms with van der Waals surface area (Å²) in [6.07, 6.45) is -1.83. The Hall–Kier alpha value is -8.54.